The predicted octanol–water partition coefficient (Wildman–Crippen LogP) is 1.91. The molecule has 0 unspecified atom stereocenters. The lowest BCUT2D eigenvalue weighted by molar-refractivity contribution is 0.340. The summed E-state index contributed by atoms with van der Waals surface area (Å²) in [4.78, 5) is 0. The number of allylic oxidation sites excluding steroid dienone is 1. The maximum Gasteiger partial charge on any atom is 0.119 e. The van der Waals surface area contributed by atoms with Crippen molar-refractivity contribution in [2.75, 3.05) is 6.61 Å². The minimum Gasteiger partial charge on any atom is -0.494 e. The van der Waals surface area contributed by atoms with Gasteiger partial charge in [0.1, 0.15) is 5.75 Å². The summed E-state index contributed by atoms with van der Waals surface area (Å²) in [6.07, 6.45) is 2.55. The highest BCUT2D eigenvalue weighted by Crippen LogP contribution is 2.16. The highest BCUT2D eigenvalue weighted by Gasteiger charge is 2.11. The van der Waals surface area contributed by atoms with Gasteiger partial charge in [0.05, 0.1) is 24.5 Å². The molecule has 0 spiro atoms. The number of ether oxygens (including phenoxy) is 1. The van der Waals surface area contributed by atoms with E-state index in [1.165, 1.54) is 5.56 Å². The van der Waals surface area contributed by atoms with E-state index in [0.717, 1.165) is 23.6 Å². The van der Waals surface area contributed by atoms with Gasteiger partial charge < -0.3 is 10.5 Å². The largest absolute Gasteiger partial charge is 0.494 e. The molecule has 0 atom stereocenters. The van der Waals surface area contributed by atoms with Crippen LogP contribution in [0.1, 0.15) is 23.9 Å². The Morgan fingerprint density at radius 3 is 2.70 bits per heavy atom. The van der Waals surface area contributed by atoms with Gasteiger partial charge in [-0.2, -0.15) is 0 Å². The summed E-state index contributed by atoms with van der Waals surface area (Å²) in [6.45, 7) is 7.41. The van der Waals surface area contributed by atoms with Gasteiger partial charge in [-0.3, -0.25) is 0 Å². The number of nitrogens with two attached hydrogens (primary N) is 1. The predicted molar refractivity (Wildman–Crippen MR) is 78.5 cm³/mol. The molecular weight excluding hydrogens is 252 g/mol. The van der Waals surface area contributed by atoms with Crippen molar-refractivity contribution in [2.45, 2.75) is 26.4 Å². The first-order valence-electron chi connectivity index (χ1n) is 6.72. The first-order valence-corrected chi connectivity index (χ1v) is 6.72. The number of nitrogens with zero attached hydrogens (tertiary/aromatic N) is 3. The van der Waals surface area contributed by atoms with Crippen LogP contribution in [-0.4, -0.2) is 21.6 Å². The second-order valence-corrected chi connectivity index (χ2v) is 4.41. The van der Waals surface area contributed by atoms with Crippen molar-refractivity contribution in [2.24, 2.45) is 5.73 Å². The fourth-order valence-electron chi connectivity index (χ4n) is 2.05. The van der Waals surface area contributed by atoms with Crippen LogP contribution in [0.3, 0.4) is 0 Å². The average molecular weight is 272 g/mol. The van der Waals surface area contributed by atoms with E-state index in [1.54, 1.807) is 6.08 Å². The Morgan fingerprint density at radius 1 is 1.35 bits per heavy atom. The highest BCUT2D eigenvalue weighted by atomic mass is 16.5. The molecule has 0 amide bonds. The van der Waals surface area contributed by atoms with Crippen molar-refractivity contribution in [3.8, 4) is 5.75 Å². The molecule has 0 saturated carbocycles. The molecular formula is C15H20N4O. The van der Waals surface area contributed by atoms with Gasteiger partial charge in [-0.05, 0) is 24.6 Å². The fraction of sp³-hybridized carbons (Fsp3) is 0.333. The van der Waals surface area contributed by atoms with Crippen molar-refractivity contribution in [1.82, 2.24) is 15.0 Å². The van der Waals surface area contributed by atoms with E-state index in [1.807, 2.05) is 23.7 Å². The molecule has 1 aromatic carbocycles. The molecule has 5 heteroatoms. The number of rotatable bonds is 7. The van der Waals surface area contributed by atoms with Crippen LogP contribution in [0.15, 0.2) is 36.9 Å². The van der Waals surface area contributed by atoms with Crippen molar-refractivity contribution < 1.29 is 4.74 Å². The van der Waals surface area contributed by atoms with Gasteiger partial charge in [0.15, 0.2) is 0 Å². The highest BCUT2D eigenvalue weighted by molar-refractivity contribution is 5.30. The van der Waals surface area contributed by atoms with Crippen LogP contribution in [0.2, 0.25) is 0 Å². The molecule has 106 valence electrons. The van der Waals surface area contributed by atoms with Crippen LogP contribution >= 0.6 is 0 Å². The lowest BCUT2D eigenvalue weighted by Gasteiger charge is -2.07. The summed E-state index contributed by atoms with van der Waals surface area (Å²) in [7, 11) is 0. The summed E-state index contributed by atoms with van der Waals surface area (Å²) in [6, 6.07) is 8.05. The van der Waals surface area contributed by atoms with Crippen LogP contribution in [0.25, 0.3) is 0 Å². The van der Waals surface area contributed by atoms with Crippen LogP contribution in [0, 0.1) is 0 Å². The Labute approximate surface area is 119 Å². The molecule has 0 saturated heterocycles. The van der Waals surface area contributed by atoms with Crippen LogP contribution in [0.5, 0.6) is 5.75 Å². The van der Waals surface area contributed by atoms with Gasteiger partial charge in [0, 0.05) is 13.0 Å². The quantitative estimate of drug-likeness (QED) is 0.782. The third kappa shape index (κ3) is 3.24. The minimum absolute atomic E-state index is 0.392. The van der Waals surface area contributed by atoms with Crippen LogP contribution in [-0.2, 0) is 19.5 Å². The van der Waals surface area contributed by atoms with E-state index in [2.05, 4.69) is 29.0 Å². The van der Waals surface area contributed by atoms with Gasteiger partial charge in [-0.1, -0.05) is 23.4 Å². The molecule has 0 aliphatic rings. The zero-order valence-electron chi connectivity index (χ0n) is 11.7. The van der Waals surface area contributed by atoms with Gasteiger partial charge >= 0.3 is 0 Å². The third-order valence-corrected chi connectivity index (χ3v) is 3.02. The van der Waals surface area contributed by atoms with Gasteiger partial charge in [-0.25, -0.2) is 4.68 Å². The standard InChI is InChI=1S/C15H20N4O/c1-3-9-19-15(14(11-16)17-18-19)10-12-5-7-13(8-6-12)20-4-2/h3,5-8H,1,4,9-11,16H2,2H3. The van der Waals surface area contributed by atoms with Crippen LogP contribution < -0.4 is 10.5 Å². The lowest BCUT2D eigenvalue weighted by atomic mass is 10.1. The Balaban J connectivity index is 2.19. The molecule has 0 bridgehead atoms. The molecule has 0 radical (unpaired) electrons. The summed E-state index contributed by atoms with van der Waals surface area (Å²) < 4.78 is 7.28. The van der Waals surface area contributed by atoms with Gasteiger partial charge in [0.2, 0.25) is 0 Å². The topological polar surface area (TPSA) is 66.0 Å². The van der Waals surface area contributed by atoms with Gasteiger partial charge in [0.25, 0.3) is 0 Å². The molecule has 1 aromatic heterocycles. The third-order valence-electron chi connectivity index (χ3n) is 3.02. The Morgan fingerprint density at radius 2 is 2.10 bits per heavy atom. The number of hydrogen-bond acceptors (Lipinski definition) is 4. The SMILES string of the molecule is C=CCn1nnc(CN)c1Cc1ccc(OCC)cc1. The second kappa shape index (κ2) is 6.86. The van der Waals surface area contributed by atoms with E-state index < -0.39 is 0 Å². The van der Waals surface area contributed by atoms with E-state index in [0.29, 0.717) is 19.7 Å². The minimum atomic E-state index is 0.392. The molecule has 2 rings (SSSR count). The first kappa shape index (κ1) is 14.3. The van der Waals surface area contributed by atoms with Crippen molar-refractivity contribution >= 4 is 0 Å². The number of aromatic nitrogens is 3. The fourth-order valence-corrected chi connectivity index (χ4v) is 2.05. The molecule has 0 aliphatic carbocycles. The smallest absolute Gasteiger partial charge is 0.119 e. The molecule has 0 fully saturated rings. The Bertz CT molecular complexity index is 560. The lowest BCUT2D eigenvalue weighted by Crippen LogP contribution is -2.07. The number of hydrogen-bond donors (Lipinski definition) is 1. The molecule has 5 nitrogen and oxygen atoms in total. The molecule has 2 aromatic rings. The normalized spacial score (nSPS) is 10.5. The maximum absolute atomic E-state index is 5.72. The van der Waals surface area contributed by atoms with E-state index in [4.69, 9.17) is 10.5 Å². The summed E-state index contributed by atoms with van der Waals surface area (Å²) >= 11 is 0. The van der Waals surface area contributed by atoms with Gasteiger partial charge in [-0.15, -0.1) is 11.7 Å². The molecule has 2 N–H and O–H groups in total. The summed E-state index contributed by atoms with van der Waals surface area (Å²) in [5.74, 6) is 0.882. The van der Waals surface area contributed by atoms with Crippen molar-refractivity contribution in [3.05, 3.63) is 53.9 Å². The summed E-state index contributed by atoms with van der Waals surface area (Å²) in [5, 5.41) is 8.22. The maximum atomic E-state index is 5.72. The number of benzene rings is 1. The zero-order valence-corrected chi connectivity index (χ0v) is 11.7. The molecule has 0 aliphatic heterocycles. The van der Waals surface area contributed by atoms with Crippen LogP contribution in [0.4, 0.5) is 0 Å². The van der Waals surface area contributed by atoms with E-state index in [9.17, 15) is 0 Å². The molecule has 1 heterocycles. The Hall–Kier alpha value is -2.14. The Kier molecular flexibility index (Phi) is 4.90. The van der Waals surface area contributed by atoms with E-state index in [-0.39, 0.29) is 0 Å². The molecule has 20 heavy (non-hydrogen) atoms. The summed E-state index contributed by atoms with van der Waals surface area (Å²) in [5.41, 5.74) is 8.76. The average Bonchev–Trinajstić information content (AvgIpc) is 2.84. The second-order valence-electron chi connectivity index (χ2n) is 4.41. The monoisotopic (exact) mass is 272 g/mol. The van der Waals surface area contributed by atoms with E-state index >= 15 is 0 Å². The van der Waals surface area contributed by atoms with Crippen molar-refractivity contribution in [3.63, 3.8) is 0 Å². The van der Waals surface area contributed by atoms with Crippen molar-refractivity contribution in [1.29, 1.82) is 0 Å². The first-order chi connectivity index (χ1) is 9.78. The zero-order chi connectivity index (χ0) is 14.4.